The molecule has 0 aliphatic carbocycles. The van der Waals surface area contributed by atoms with E-state index in [0.717, 1.165) is 22.6 Å². The maximum atomic E-state index is 5.88. The molecule has 0 unspecified atom stereocenters. The van der Waals surface area contributed by atoms with E-state index < -0.39 is 0 Å². The van der Waals surface area contributed by atoms with Gasteiger partial charge in [0.05, 0.1) is 15.2 Å². The molecule has 20 heavy (non-hydrogen) atoms. The van der Waals surface area contributed by atoms with Gasteiger partial charge in [0.25, 0.3) is 0 Å². The smallest absolute Gasteiger partial charge is 0.0997 e. The lowest BCUT2D eigenvalue weighted by molar-refractivity contribution is 1.08. The number of benzene rings is 2. The van der Waals surface area contributed by atoms with Crippen LogP contribution in [0.1, 0.15) is 11.9 Å². The highest BCUT2D eigenvalue weighted by Crippen LogP contribution is 2.28. The lowest BCUT2D eigenvalue weighted by Crippen LogP contribution is -1.99. The summed E-state index contributed by atoms with van der Waals surface area (Å²) in [6.07, 6.45) is 2.66. The fourth-order valence-corrected chi connectivity index (χ4v) is 3.18. The number of allylic oxidation sites excluding steroid dienone is 2. The zero-order valence-electron chi connectivity index (χ0n) is 11.3. The van der Waals surface area contributed by atoms with Gasteiger partial charge in [-0.05, 0) is 30.2 Å². The van der Waals surface area contributed by atoms with Gasteiger partial charge in [-0.25, -0.2) is 4.98 Å². The van der Waals surface area contributed by atoms with Crippen LogP contribution in [-0.2, 0) is 6.42 Å². The highest BCUT2D eigenvalue weighted by molar-refractivity contribution is 7.18. The van der Waals surface area contributed by atoms with Crippen LogP contribution in [0.25, 0.3) is 21.3 Å². The van der Waals surface area contributed by atoms with E-state index in [9.17, 15) is 0 Å². The molecule has 0 bridgehead atoms. The van der Waals surface area contributed by atoms with Crippen LogP contribution in [-0.4, -0.2) is 4.98 Å². The van der Waals surface area contributed by atoms with Gasteiger partial charge in [-0.2, -0.15) is 0 Å². The van der Waals surface area contributed by atoms with E-state index in [-0.39, 0.29) is 0 Å². The second-order valence-electron chi connectivity index (χ2n) is 4.70. The maximum absolute atomic E-state index is 5.88. The van der Waals surface area contributed by atoms with Crippen LogP contribution in [0.3, 0.4) is 0 Å². The van der Waals surface area contributed by atoms with Crippen molar-refractivity contribution in [3.8, 4) is 11.1 Å². The highest BCUT2D eigenvalue weighted by Gasteiger charge is 2.06. The monoisotopic (exact) mass is 280 g/mol. The van der Waals surface area contributed by atoms with Crippen LogP contribution < -0.4 is 5.73 Å². The number of hydrogen-bond acceptors (Lipinski definition) is 3. The van der Waals surface area contributed by atoms with Crippen molar-refractivity contribution in [2.24, 2.45) is 5.73 Å². The first-order valence-corrected chi connectivity index (χ1v) is 7.43. The molecule has 3 rings (SSSR count). The molecule has 0 atom stereocenters. The van der Waals surface area contributed by atoms with Crippen molar-refractivity contribution in [1.29, 1.82) is 0 Å². The fourth-order valence-electron chi connectivity index (χ4n) is 2.13. The van der Waals surface area contributed by atoms with Gasteiger partial charge >= 0.3 is 0 Å². The number of thiazole rings is 1. The Hall–Kier alpha value is -2.13. The lowest BCUT2D eigenvalue weighted by Gasteiger charge is -2.00. The predicted octanol–water partition coefficient (Wildman–Crippen LogP) is 4.37. The van der Waals surface area contributed by atoms with Crippen molar-refractivity contribution in [2.75, 3.05) is 0 Å². The third-order valence-electron chi connectivity index (χ3n) is 3.27. The Bertz CT molecular complexity index is 757. The molecular formula is C17H16N2S. The lowest BCUT2D eigenvalue weighted by atomic mass is 10.1. The molecule has 1 heterocycles. The van der Waals surface area contributed by atoms with Crippen LogP contribution in [0, 0.1) is 0 Å². The number of nitrogens with zero attached hydrogens (tertiary/aromatic N) is 1. The van der Waals surface area contributed by atoms with E-state index in [4.69, 9.17) is 5.73 Å². The average molecular weight is 280 g/mol. The van der Waals surface area contributed by atoms with Crippen LogP contribution in [0.4, 0.5) is 0 Å². The van der Waals surface area contributed by atoms with Gasteiger partial charge in [0.2, 0.25) is 0 Å². The molecule has 0 aliphatic heterocycles. The van der Waals surface area contributed by atoms with E-state index in [1.54, 1.807) is 11.3 Å². The quantitative estimate of drug-likeness (QED) is 0.773. The second kappa shape index (κ2) is 5.47. The third-order valence-corrected chi connectivity index (χ3v) is 4.28. The summed E-state index contributed by atoms with van der Waals surface area (Å²) in [6.45, 7) is 1.95. The predicted molar refractivity (Wildman–Crippen MR) is 86.7 cm³/mol. The Morgan fingerprint density at radius 1 is 1.15 bits per heavy atom. The topological polar surface area (TPSA) is 38.9 Å². The first-order chi connectivity index (χ1) is 9.76. The van der Waals surface area contributed by atoms with Crippen molar-refractivity contribution in [3.05, 3.63) is 65.3 Å². The minimum absolute atomic E-state index is 0.733. The van der Waals surface area contributed by atoms with Crippen molar-refractivity contribution in [2.45, 2.75) is 13.3 Å². The van der Waals surface area contributed by atoms with Gasteiger partial charge in [-0.1, -0.05) is 42.5 Å². The van der Waals surface area contributed by atoms with E-state index in [2.05, 4.69) is 47.4 Å². The Morgan fingerprint density at radius 3 is 2.70 bits per heavy atom. The number of hydrogen-bond donors (Lipinski definition) is 1. The number of fused-ring (bicyclic) bond motifs is 1. The van der Waals surface area contributed by atoms with E-state index in [1.165, 1.54) is 15.8 Å². The Balaban J connectivity index is 1.99. The maximum Gasteiger partial charge on any atom is 0.0997 e. The summed E-state index contributed by atoms with van der Waals surface area (Å²) in [5, 5.41) is 1.07. The third kappa shape index (κ3) is 2.58. The van der Waals surface area contributed by atoms with Crippen molar-refractivity contribution in [1.82, 2.24) is 4.98 Å². The molecule has 0 radical (unpaired) electrons. The zero-order valence-corrected chi connectivity index (χ0v) is 12.2. The molecule has 0 spiro atoms. The van der Waals surface area contributed by atoms with Gasteiger partial charge < -0.3 is 5.73 Å². The average Bonchev–Trinajstić information content (AvgIpc) is 2.89. The molecule has 100 valence electrons. The van der Waals surface area contributed by atoms with E-state index >= 15 is 0 Å². The first-order valence-electron chi connectivity index (χ1n) is 6.62. The molecule has 0 aliphatic rings. The molecular weight excluding hydrogens is 264 g/mol. The fraction of sp³-hybridized carbons (Fsp3) is 0.118. The molecule has 1 aromatic heterocycles. The van der Waals surface area contributed by atoms with Gasteiger partial charge in [-0.3, -0.25) is 0 Å². The van der Waals surface area contributed by atoms with E-state index in [1.807, 2.05) is 19.1 Å². The van der Waals surface area contributed by atoms with E-state index in [0.29, 0.717) is 0 Å². The van der Waals surface area contributed by atoms with Crippen molar-refractivity contribution in [3.63, 3.8) is 0 Å². The van der Waals surface area contributed by atoms with Gasteiger partial charge in [0.1, 0.15) is 0 Å². The van der Waals surface area contributed by atoms with Gasteiger partial charge in [0.15, 0.2) is 0 Å². The molecule has 2 N–H and O–H groups in total. The summed E-state index contributed by atoms with van der Waals surface area (Å²) >= 11 is 1.72. The molecule has 2 aromatic carbocycles. The summed E-state index contributed by atoms with van der Waals surface area (Å²) in [6, 6.07) is 16.8. The normalized spacial score (nSPS) is 11.9. The standard InChI is InChI=1S/C17H16N2S/c1-2-14(18)11-17-19-15-9-8-13(10-16(15)20-17)12-6-4-3-5-7-12/h2-10H,11,18H2,1H3/b14-2-. The Kier molecular flexibility index (Phi) is 3.52. The number of nitrogens with two attached hydrogens (primary N) is 1. The first kappa shape index (κ1) is 12.9. The highest BCUT2D eigenvalue weighted by atomic mass is 32.1. The minimum atomic E-state index is 0.733. The van der Waals surface area contributed by atoms with Crippen LogP contribution in [0.15, 0.2) is 60.3 Å². The molecule has 3 heteroatoms. The number of rotatable bonds is 3. The van der Waals surface area contributed by atoms with Crippen molar-refractivity contribution >= 4 is 21.6 Å². The molecule has 2 nitrogen and oxygen atoms in total. The molecule has 0 saturated heterocycles. The van der Waals surface area contributed by atoms with Gasteiger partial charge in [0, 0.05) is 12.1 Å². The number of aromatic nitrogens is 1. The zero-order chi connectivity index (χ0) is 13.9. The Morgan fingerprint density at radius 2 is 1.95 bits per heavy atom. The summed E-state index contributed by atoms with van der Waals surface area (Å²) in [4.78, 5) is 4.63. The minimum Gasteiger partial charge on any atom is -0.402 e. The molecule has 0 saturated carbocycles. The summed E-state index contributed by atoms with van der Waals surface area (Å²) < 4.78 is 1.21. The van der Waals surface area contributed by atoms with Crippen LogP contribution in [0.2, 0.25) is 0 Å². The molecule has 3 aromatic rings. The summed E-state index contributed by atoms with van der Waals surface area (Å²) in [5.41, 5.74) is 10.3. The SMILES string of the molecule is C/C=C(\N)Cc1nc2ccc(-c3ccccc3)cc2s1. The van der Waals surface area contributed by atoms with Crippen molar-refractivity contribution < 1.29 is 0 Å². The largest absolute Gasteiger partial charge is 0.402 e. The second-order valence-corrected chi connectivity index (χ2v) is 5.81. The Labute approximate surface area is 122 Å². The van der Waals surface area contributed by atoms with Crippen LogP contribution in [0.5, 0.6) is 0 Å². The van der Waals surface area contributed by atoms with Gasteiger partial charge in [-0.15, -0.1) is 11.3 Å². The molecule has 0 amide bonds. The summed E-state index contributed by atoms with van der Waals surface area (Å²) in [5.74, 6) is 0. The van der Waals surface area contributed by atoms with Crippen LogP contribution >= 0.6 is 11.3 Å². The summed E-state index contributed by atoms with van der Waals surface area (Å²) in [7, 11) is 0. The molecule has 0 fully saturated rings.